The summed E-state index contributed by atoms with van der Waals surface area (Å²) >= 11 is 0. The van der Waals surface area contributed by atoms with Gasteiger partial charge in [0.15, 0.2) is 0 Å². The Morgan fingerprint density at radius 3 is 1.33 bits per heavy atom. The Labute approximate surface area is 70.3 Å². The van der Waals surface area contributed by atoms with Crippen LogP contribution in [0.15, 0.2) is 12.2 Å². The summed E-state index contributed by atoms with van der Waals surface area (Å²) in [6, 6.07) is 0. The third kappa shape index (κ3) is 11.2. The number of hydrogen-bond donors (Lipinski definition) is 2. The minimum absolute atomic E-state index is 0. The number of hydrogen-bond acceptors (Lipinski definition) is 2. The number of rotatable bonds is 2. The van der Waals surface area contributed by atoms with Crippen LogP contribution in [0.1, 0.15) is 0 Å². The molecule has 0 unspecified atom stereocenters. The Bertz CT molecular complexity index is 124. The van der Waals surface area contributed by atoms with Gasteiger partial charge in [-0.1, -0.05) is 0 Å². The third-order valence-corrected chi connectivity index (χ3v) is 0.368. The number of aliphatic carboxylic acids is 2. The van der Waals surface area contributed by atoms with Crippen molar-refractivity contribution in [3.05, 3.63) is 12.2 Å². The van der Waals surface area contributed by atoms with Crippen molar-refractivity contribution in [2.45, 2.75) is 0 Å². The third-order valence-electron chi connectivity index (χ3n) is 0.368. The standard InChI is InChI=1S/C4H4O4.Bi.3H/c5-3(6)1-2-4(7)8;;;;/h1-2H,(H,5,6)(H,7,8);;;;/b2-1-;;;;. The molecule has 0 aromatic heterocycles. The van der Waals surface area contributed by atoms with Crippen molar-refractivity contribution < 1.29 is 19.8 Å². The van der Waals surface area contributed by atoms with Crippen LogP contribution in [0.5, 0.6) is 0 Å². The molecule has 9 heavy (non-hydrogen) atoms. The molecule has 0 radical (unpaired) electrons. The fraction of sp³-hybridized carbons (Fsp3) is 0. The molecule has 0 aliphatic heterocycles. The first-order valence-electron chi connectivity index (χ1n) is 1.77. The summed E-state index contributed by atoms with van der Waals surface area (Å²) in [5.41, 5.74) is 0. The van der Waals surface area contributed by atoms with E-state index in [4.69, 9.17) is 10.2 Å². The van der Waals surface area contributed by atoms with Crippen LogP contribution in [0, 0.1) is 0 Å². The summed E-state index contributed by atoms with van der Waals surface area (Å²) in [5, 5.41) is 15.6. The van der Waals surface area contributed by atoms with Gasteiger partial charge in [0, 0.05) is 12.2 Å². The van der Waals surface area contributed by atoms with E-state index in [1.807, 2.05) is 0 Å². The van der Waals surface area contributed by atoms with E-state index in [2.05, 4.69) is 0 Å². The Morgan fingerprint density at radius 2 is 1.22 bits per heavy atom. The van der Waals surface area contributed by atoms with E-state index in [1.54, 1.807) is 0 Å². The molecule has 0 bridgehead atoms. The zero-order chi connectivity index (χ0) is 6.57. The summed E-state index contributed by atoms with van der Waals surface area (Å²) in [7, 11) is 0. The molecule has 0 atom stereocenters. The van der Waals surface area contributed by atoms with Crippen LogP contribution >= 0.6 is 0 Å². The first-order valence-corrected chi connectivity index (χ1v) is 1.77. The number of carboxylic acids is 2. The molecule has 2 N–H and O–H groups in total. The monoisotopic (exact) mass is 328 g/mol. The zero-order valence-electron chi connectivity index (χ0n) is 4.57. The molecule has 0 aromatic carbocycles. The molecule has 0 heterocycles. The predicted octanol–water partition coefficient (Wildman–Crippen LogP) is -1.47. The Kier molecular flexibility index (Phi) is 7.20. The summed E-state index contributed by atoms with van der Waals surface area (Å²) < 4.78 is 0. The molecule has 0 fully saturated rings. The van der Waals surface area contributed by atoms with Gasteiger partial charge in [0.2, 0.25) is 0 Å². The molecular weight excluding hydrogens is 321 g/mol. The van der Waals surface area contributed by atoms with Crippen LogP contribution < -0.4 is 0 Å². The average molecular weight is 328 g/mol. The van der Waals surface area contributed by atoms with Gasteiger partial charge in [-0.15, -0.1) is 0 Å². The first-order chi connectivity index (χ1) is 3.63. The second-order valence-electron chi connectivity index (χ2n) is 1.01. The topological polar surface area (TPSA) is 74.6 Å². The van der Waals surface area contributed by atoms with Crippen LogP contribution in [-0.4, -0.2) is 48.4 Å². The van der Waals surface area contributed by atoms with Crippen LogP contribution in [-0.2, 0) is 9.59 Å². The molecule has 0 spiro atoms. The number of carboxylic acid groups (broad SMARTS) is 2. The molecule has 0 saturated carbocycles. The van der Waals surface area contributed by atoms with Gasteiger partial charge in [-0.25, -0.2) is 9.59 Å². The Morgan fingerprint density at radius 1 is 1.00 bits per heavy atom. The minimum atomic E-state index is -1.26. The second kappa shape index (κ2) is 5.70. The molecule has 0 aliphatic carbocycles. The van der Waals surface area contributed by atoms with Gasteiger partial charge in [-0.3, -0.25) is 0 Å². The van der Waals surface area contributed by atoms with Crippen LogP contribution in [0.4, 0.5) is 0 Å². The normalized spacial score (nSPS) is 8.44. The fourth-order valence-electron chi connectivity index (χ4n) is 0.143. The fourth-order valence-corrected chi connectivity index (χ4v) is 0.143. The average Bonchev–Trinajstić information content (AvgIpc) is 1.61. The van der Waals surface area contributed by atoms with Crippen molar-refractivity contribution in [1.29, 1.82) is 0 Å². The second-order valence-corrected chi connectivity index (χ2v) is 1.01. The van der Waals surface area contributed by atoms with Crippen molar-refractivity contribution >= 4 is 38.1 Å². The van der Waals surface area contributed by atoms with Crippen molar-refractivity contribution in [2.75, 3.05) is 0 Å². The van der Waals surface area contributed by atoms with Gasteiger partial charge < -0.3 is 10.2 Å². The summed E-state index contributed by atoms with van der Waals surface area (Å²) in [4.78, 5) is 19.1. The molecule has 0 amide bonds. The van der Waals surface area contributed by atoms with E-state index in [0.717, 1.165) is 0 Å². The van der Waals surface area contributed by atoms with Crippen LogP contribution in [0.2, 0.25) is 0 Å². The number of carbonyl (C=O) groups is 2. The molecule has 0 rings (SSSR count). The van der Waals surface area contributed by atoms with Gasteiger partial charge in [0.05, 0.1) is 0 Å². The van der Waals surface area contributed by atoms with E-state index >= 15 is 0 Å². The maximum atomic E-state index is 9.55. The van der Waals surface area contributed by atoms with Crippen LogP contribution in [0.3, 0.4) is 0 Å². The van der Waals surface area contributed by atoms with E-state index in [1.165, 1.54) is 0 Å². The molecule has 52 valence electrons. The summed E-state index contributed by atoms with van der Waals surface area (Å²) in [5.74, 6) is -2.51. The summed E-state index contributed by atoms with van der Waals surface area (Å²) in [6.45, 7) is 0. The maximum absolute atomic E-state index is 9.55. The molecule has 5 heteroatoms. The molecule has 0 aliphatic rings. The van der Waals surface area contributed by atoms with Gasteiger partial charge in [0.1, 0.15) is 0 Å². The van der Waals surface area contributed by atoms with Gasteiger partial charge in [-0.2, -0.15) is 0 Å². The molecule has 4 nitrogen and oxygen atoms in total. The van der Waals surface area contributed by atoms with Crippen molar-refractivity contribution in [3.8, 4) is 0 Å². The molecule has 0 saturated heterocycles. The molecule has 0 aromatic rings. The van der Waals surface area contributed by atoms with E-state index in [-0.39, 0.29) is 26.2 Å². The van der Waals surface area contributed by atoms with Crippen molar-refractivity contribution in [3.63, 3.8) is 0 Å². The van der Waals surface area contributed by atoms with Gasteiger partial charge >= 0.3 is 38.1 Å². The summed E-state index contributed by atoms with van der Waals surface area (Å²) in [6.07, 6.45) is 1.12. The zero-order valence-corrected chi connectivity index (χ0v) is 10.1. The van der Waals surface area contributed by atoms with Gasteiger partial charge in [0.25, 0.3) is 0 Å². The SMILES string of the molecule is O=C(O)/C=C\C(=O)O.[BiH3]. The predicted molar refractivity (Wildman–Crippen MR) is 34.4 cm³/mol. The molecular formula is C4H7BiO4. The van der Waals surface area contributed by atoms with E-state index < -0.39 is 11.9 Å². The first kappa shape index (κ1) is 11.4. The van der Waals surface area contributed by atoms with E-state index in [0.29, 0.717) is 12.2 Å². The Balaban J connectivity index is 0. The van der Waals surface area contributed by atoms with Crippen molar-refractivity contribution in [1.82, 2.24) is 0 Å². The van der Waals surface area contributed by atoms with Crippen LogP contribution in [0.25, 0.3) is 0 Å². The van der Waals surface area contributed by atoms with Crippen molar-refractivity contribution in [2.24, 2.45) is 0 Å². The van der Waals surface area contributed by atoms with Gasteiger partial charge in [-0.05, 0) is 0 Å². The quantitative estimate of drug-likeness (QED) is 0.479. The van der Waals surface area contributed by atoms with E-state index in [9.17, 15) is 9.59 Å². The Hall–Kier alpha value is -0.437.